The Balaban J connectivity index is 1.39. The summed E-state index contributed by atoms with van der Waals surface area (Å²) in [5.74, 6) is 4.22. The van der Waals surface area contributed by atoms with Gasteiger partial charge in [0.25, 0.3) is 0 Å². The van der Waals surface area contributed by atoms with Crippen molar-refractivity contribution >= 4 is 29.4 Å². The number of unbranched alkanes of at least 4 members (excludes halogenated alkanes) is 30. The molecule has 11 heteroatoms. The molecular formula is C83H123BN2O8. The van der Waals surface area contributed by atoms with Gasteiger partial charge in [-0.15, -0.1) is 0 Å². The second-order valence-electron chi connectivity index (χ2n) is 26.1. The van der Waals surface area contributed by atoms with Gasteiger partial charge in [0.05, 0.1) is 51.0 Å². The number of carbonyl (C=O) groups is 1. The third-order valence-corrected chi connectivity index (χ3v) is 17.8. The Labute approximate surface area is 570 Å². The van der Waals surface area contributed by atoms with E-state index in [0.717, 1.165) is 110 Å². The zero-order chi connectivity index (χ0) is 66.3. The number of ether oxygens (including phenoxy) is 6. The average Bonchev–Trinajstić information content (AvgIpc) is 1.50. The minimum absolute atomic E-state index is 0.238. The van der Waals surface area contributed by atoms with E-state index in [-0.39, 0.29) is 5.78 Å². The van der Waals surface area contributed by atoms with Crippen LogP contribution in [0.25, 0.3) is 28.3 Å². The molecule has 0 atom stereocenters. The summed E-state index contributed by atoms with van der Waals surface area (Å²) in [6, 6.07) is 36.7. The molecule has 6 aromatic rings. The first-order chi connectivity index (χ1) is 46.4. The molecule has 0 saturated carbocycles. The SMILES string of the molecule is CCCCCCCCOc1cc(-c2ccc(C(=O)/C=C(\OB(c3ccccc3)c3ccccc3)c3ccc(-c4cc(OCCCCCCCC)c(OCCCCCCCC)c(OCCCCCCCC)c4)[nH]3)[nH]2)cc(OCCCCCCCC)c1OCCCCCCCC. The van der Waals surface area contributed by atoms with Gasteiger partial charge < -0.3 is 43.0 Å². The second-order valence-corrected chi connectivity index (χ2v) is 26.1. The molecular weight excluding hydrogens is 1160 g/mol. The predicted octanol–water partition coefficient (Wildman–Crippen LogP) is 23.2. The molecule has 0 radical (unpaired) electrons. The number of rotatable bonds is 57. The molecule has 0 aliphatic heterocycles. The highest BCUT2D eigenvalue weighted by atomic mass is 16.5. The van der Waals surface area contributed by atoms with Gasteiger partial charge in [-0.2, -0.15) is 0 Å². The van der Waals surface area contributed by atoms with E-state index in [1.165, 1.54) is 154 Å². The number of ketones is 1. The largest absolute Gasteiger partial charge is 0.550 e. The molecule has 6 rings (SSSR count). The molecule has 0 aliphatic rings. The van der Waals surface area contributed by atoms with Crippen molar-refractivity contribution in [2.24, 2.45) is 0 Å². The van der Waals surface area contributed by atoms with Crippen molar-refractivity contribution in [3.63, 3.8) is 0 Å². The van der Waals surface area contributed by atoms with Crippen molar-refractivity contribution in [1.29, 1.82) is 0 Å². The van der Waals surface area contributed by atoms with E-state index in [1.807, 2.05) is 54.6 Å². The van der Waals surface area contributed by atoms with Crippen molar-refractivity contribution in [3.8, 4) is 57.0 Å². The number of hydrogen-bond donors (Lipinski definition) is 2. The van der Waals surface area contributed by atoms with Gasteiger partial charge in [0.2, 0.25) is 17.3 Å². The van der Waals surface area contributed by atoms with Gasteiger partial charge in [0.1, 0.15) is 5.76 Å². The van der Waals surface area contributed by atoms with Crippen molar-refractivity contribution in [3.05, 3.63) is 127 Å². The van der Waals surface area contributed by atoms with Crippen molar-refractivity contribution in [2.75, 3.05) is 39.6 Å². The Kier molecular flexibility index (Phi) is 39.3. The summed E-state index contributed by atoms with van der Waals surface area (Å²) in [5, 5.41) is 0. The Hall–Kier alpha value is -6.49. The van der Waals surface area contributed by atoms with E-state index in [0.29, 0.717) is 91.3 Å². The highest BCUT2D eigenvalue weighted by molar-refractivity contribution is 6.80. The first-order valence-electron chi connectivity index (χ1n) is 38.0. The number of hydrogen-bond acceptors (Lipinski definition) is 8. The number of allylic oxidation sites excluding steroid dienone is 1. The van der Waals surface area contributed by atoms with E-state index in [1.54, 1.807) is 6.08 Å². The van der Waals surface area contributed by atoms with E-state index in [9.17, 15) is 0 Å². The molecule has 0 unspecified atom stereocenters. The molecule has 0 spiro atoms. The van der Waals surface area contributed by atoms with E-state index in [2.05, 4.69) is 106 Å². The highest BCUT2D eigenvalue weighted by Gasteiger charge is 2.27. The molecule has 0 fully saturated rings. The first kappa shape index (κ1) is 76.5. The second kappa shape index (κ2) is 48.2. The number of nitrogens with one attached hydrogen (secondary N) is 2. The van der Waals surface area contributed by atoms with Gasteiger partial charge in [0, 0.05) is 28.6 Å². The maximum atomic E-state index is 15.1. The summed E-state index contributed by atoms with van der Waals surface area (Å²) in [5.41, 5.74) is 6.33. The van der Waals surface area contributed by atoms with Gasteiger partial charge in [-0.25, -0.2) is 0 Å². The van der Waals surface area contributed by atoms with Crippen LogP contribution in [0.3, 0.4) is 0 Å². The Morgan fingerprint density at radius 3 is 0.926 bits per heavy atom. The summed E-state index contributed by atoms with van der Waals surface area (Å²) in [6.45, 7) is 16.5. The first-order valence-corrected chi connectivity index (χ1v) is 38.0. The lowest BCUT2D eigenvalue weighted by Crippen LogP contribution is -2.44. The maximum Gasteiger partial charge on any atom is 0.426 e. The molecule has 94 heavy (non-hydrogen) atoms. The standard InChI is InChI=1S/C83H123BN2O8/c1-7-13-19-25-31-43-57-88-78-63-68(64-79(89-58-44-32-26-20-14-8-2)82(78)92-61-47-35-29-23-17-11-5)72-53-55-74(85-72)76(87)67-77(94-84(70-49-39-37-40-50-70)71-51-41-38-42-52-71)75-56-54-73(86-75)69-65-80(90-59-45-33-27-21-15-9-3)83(93-62-48-36-30-24-18-12-6)81(66-69)91-60-46-34-28-22-16-10-4/h37-42,49-56,63-67,85-86H,7-36,43-48,57-62H2,1-6H3/b77-67-. The third-order valence-electron chi connectivity index (χ3n) is 17.8. The lowest BCUT2D eigenvalue weighted by molar-refractivity contribution is 0.104. The molecule has 2 heterocycles. The number of benzene rings is 4. The zero-order valence-electron chi connectivity index (χ0n) is 59.5. The van der Waals surface area contributed by atoms with Crippen LogP contribution >= 0.6 is 0 Å². The fraction of sp³-hybridized carbons (Fsp3) is 0.578. The molecule has 0 saturated heterocycles. The third kappa shape index (κ3) is 28.8. The van der Waals surface area contributed by atoms with Crippen molar-refractivity contribution < 1.29 is 37.9 Å². The average molecular weight is 1290 g/mol. The van der Waals surface area contributed by atoms with Crippen molar-refractivity contribution in [2.45, 2.75) is 273 Å². The summed E-state index contributed by atoms with van der Waals surface area (Å²) >= 11 is 0. The van der Waals surface area contributed by atoms with Crippen LogP contribution < -0.4 is 39.3 Å². The van der Waals surface area contributed by atoms with Gasteiger partial charge in [-0.3, -0.25) is 4.79 Å². The van der Waals surface area contributed by atoms with Gasteiger partial charge in [0.15, 0.2) is 23.0 Å². The van der Waals surface area contributed by atoms with Crippen molar-refractivity contribution in [1.82, 2.24) is 9.97 Å². The minimum atomic E-state index is -0.536. The maximum absolute atomic E-state index is 15.1. The monoisotopic (exact) mass is 1290 g/mol. The smallest absolute Gasteiger partial charge is 0.426 e. The van der Waals surface area contributed by atoms with Crippen LogP contribution in [0.1, 0.15) is 289 Å². The van der Waals surface area contributed by atoms with Crippen LogP contribution in [0, 0.1) is 0 Å². The normalized spacial score (nSPS) is 11.5. The fourth-order valence-corrected chi connectivity index (χ4v) is 12.0. The van der Waals surface area contributed by atoms with Crippen LogP contribution in [0.2, 0.25) is 0 Å². The molecule has 0 aliphatic carbocycles. The Bertz CT molecular complexity index is 2820. The summed E-state index contributed by atoms with van der Waals surface area (Å²) in [4.78, 5) is 22.4. The molecule has 516 valence electrons. The lowest BCUT2D eigenvalue weighted by Gasteiger charge is -2.19. The molecule has 10 nitrogen and oxygen atoms in total. The summed E-state index contributed by atoms with van der Waals surface area (Å²) in [7, 11) is 0. The molecule has 0 bridgehead atoms. The van der Waals surface area contributed by atoms with Crippen LogP contribution in [0.5, 0.6) is 34.5 Å². The number of H-pyrrole nitrogens is 2. The predicted molar refractivity (Wildman–Crippen MR) is 397 cm³/mol. The molecule has 4 aromatic carbocycles. The van der Waals surface area contributed by atoms with E-state index >= 15 is 4.79 Å². The van der Waals surface area contributed by atoms with Crippen LogP contribution in [-0.2, 0) is 4.65 Å². The van der Waals surface area contributed by atoms with Gasteiger partial charge in [-0.05, 0) is 98.0 Å². The van der Waals surface area contributed by atoms with Gasteiger partial charge >= 0.3 is 6.92 Å². The number of aromatic nitrogens is 2. The van der Waals surface area contributed by atoms with E-state index < -0.39 is 6.92 Å². The lowest BCUT2D eigenvalue weighted by atomic mass is 9.55. The number of aromatic amines is 2. The Morgan fingerprint density at radius 1 is 0.330 bits per heavy atom. The minimum Gasteiger partial charge on any atom is -0.550 e. The topological polar surface area (TPSA) is 113 Å². The molecule has 2 N–H and O–H groups in total. The molecule has 0 amide bonds. The van der Waals surface area contributed by atoms with Crippen LogP contribution in [0.15, 0.2) is 115 Å². The van der Waals surface area contributed by atoms with Crippen LogP contribution in [0.4, 0.5) is 0 Å². The van der Waals surface area contributed by atoms with Gasteiger partial charge in [-0.1, -0.05) is 295 Å². The quantitative estimate of drug-likeness (QED) is 0.0128. The fourth-order valence-electron chi connectivity index (χ4n) is 12.0. The number of carbonyl (C=O) groups excluding carboxylic acids is 1. The molecule has 2 aromatic heterocycles. The highest BCUT2D eigenvalue weighted by Crippen LogP contribution is 2.44. The zero-order valence-corrected chi connectivity index (χ0v) is 59.5. The summed E-state index contributed by atoms with van der Waals surface area (Å²) in [6.07, 6.45) is 43.7. The summed E-state index contributed by atoms with van der Waals surface area (Å²) < 4.78 is 47.6. The Morgan fingerprint density at radius 2 is 0.606 bits per heavy atom. The van der Waals surface area contributed by atoms with E-state index in [4.69, 9.17) is 33.1 Å². The van der Waals surface area contributed by atoms with Crippen LogP contribution in [-0.4, -0.2) is 62.3 Å².